The molecule has 0 radical (unpaired) electrons. The molecule has 0 heterocycles. The van der Waals surface area contributed by atoms with Crippen molar-refractivity contribution in [1.29, 1.82) is 0 Å². The van der Waals surface area contributed by atoms with Crippen molar-refractivity contribution >= 4 is 0 Å². The van der Waals surface area contributed by atoms with Crippen LogP contribution in [0.1, 0.15) is 45.1 Å². The molecule has 0 aliphatic heterocycles. The minimum Gasteiger partial charge on any atom is -0.490 e. The molecule has 1 unspecified atom stereocenters. The molecular formula is C16H24FNO. The monoisotopic (exact) mass is 265 g/mol. The number of rotatable bonds is 4. The van der Waals surface area contributed by atoms with Crippen LogP contribution < -0.4 is 10.5 Å². The minimum atomic E-state index is -0.239. The molecule has 106 valence electrons. The minimum absolute atomic E-state index is 0.0326. The van der Waals surface area contributed by atoms with Gasteiger partial charge in [-0.1, -0.05) is 6.92 Å². The number of ether oxygens (including phenoxy) is 1. The molecule has 1 fully saturated rings. The largest absolute Gasteiger partial charge is 0.490 e. The molecule has 1 saturated carbocycles. The maximum Gasteiger partial charge on any atom is 0.127 e. The molecule has 0 amide bonds. The van der Waals surface area contributed by atoms with Gasteiger partial charge in [-0.05, 0) is 62.6 Å². The Kier molecular flexibility index (Phi) is 4.81. The Morgan fingerprint density at radius 3 is 2.58 bits per heavy atom. The van der Waals surface area contributed by atoms with Crippen molar-refractivity contribution in [2.45, 2.75) is 58.1 Å². The standard InChI is InChI=1S/C16H24FNO/c1-11-3-5-15(6-4-11)19-16-9-13(7-12(2)18)8-14(17)10-16/h8-12,15H,3-7,18H2,1-2H3. The summed E-state index contributed by atoms with van der Waals surface area (Å²) in [4.78, 5) is 0. The zero-order valence-corrected chi connectivity index (χ0v) is 11.9. The van der Waals surface area contributed by atoms with Crippen LogP contribution in [-0.2, 0) is 6.42 Å². The van der Waals surface area contributed by atoms with Crippen molar-refractivity contribution in [2.75, 3.05) is 0 Å². The summed E-state index contributed by atoms with van der Waals surface area (Å²) >= 11 is 0. The molecule has 19 heavy (non-hydrogen) atoms. The lowest BCUT2D eigenvalue weighted by Gasteiger charge is -2.27. The molecule has 1 aliphatic carbocycles. The number of hydrogen-bond acceptors (Lipinski definition) is 2. The summed E-state index contributed by atoms with van der Waals surface area (Å²) < 4.78 is 19.5. The quantitative estimate of drug-likeness (QED) is 0.901. The lowest BCUT2D eigenvalue weighted by Crippen LogP contribution is -2.23. The third-order valence-electron chi connectivity index (χ3n) is 3.75. The Balaban J connectivity index is 2.01. The van der Waals surface area contributed by atoms with E-state index in [0.29, 0.717) is 12.2 Å². The maximum absolute atomic E-state index is 13.6. The SMILES string of the molecule is CC(N)Cc1cc(F)cc(OC2CCC(C)CC2)c1. The van der Waals surface area contributed by atoms with E-state index < -0.39 is 0 Å². The number of nitrogens with two attached hydrogens (primary N) is 1. The van der Waals surface area contributed by atoms with Gasteiger partial charge in [-0.3, -0.25) is 0 Å². The van der Waals surface area contributed by atoms with Crippen LogP contribution in [0.5, 0.6) is 5.75 Å². The van der Waals surface area contributed by atoms with E-state index >= 15 is 0 Å². The molecule has 2 N–H and O–H groups in total. The van der Waals surface area contributed by atoms with Crippen molar-refractivity contribution in [3.63, 3.8) is 0 Å². The first-order valence-corrected chi connectivity index (χ1v) is 7.24. The van der Waals surface area contributed by atoms with Crippen LogP contribution in [0.2, 0.25) is 0 Å². The van der Waals surface area contributed by atoms with Gasteiger partial charge in [0, 0.05) is 12.1 Å². The molecule has 1 aromatic rings. The van der Waals surface area contributed by atoms with Crippen molar-refractivity contribution in [2.24, 2.45) is 11.7 Å². The fraction of sp³-hybridized carbons (Fsp3) is 0.625. The van der Waals surface area contributed by atoms with Crippen LogP contribution in [0.3, 0.4) is 0 Å². The molecule has 1 atom stereocenters. The Bertz CT molecular complexity index is 411. The van der Waals surface area contributed by atoms with Gasteiger partial charge in [-0.15, -0.1) is 0 Å². The normalized spacial score (nSPS) is 25.1. The Morgan fingerprint density at radius 2 is 1.95 bits per heavy atom. The van der Waals surface area contributed by atoms with E-state index in [2.05, 4.69) is 6.92 Å². The molecule has 2 nitrogen and oxygen atoms in total. The summed E-state index contributed by atoms with van der Waals surface area (Å²) in [6.07, 6.45) is 5.46. The highest BCUT2D eigenvalue weighted by Crippen LogP contribution is 2.28. The average Bonchev–Trinajstić information content (AvgIpc) is 2.30. The molecule has 3 heteroatoms. The second kappa shape index (κ2) is 6.38. The number of benzene rings is 1. The summed E-state index contributed by atoms with van der Waals surface area (Å²) in [5.74, 6) is 1.20. The van der Waals surface area contributed by atoms with E-state index in [-0.39, 0.29) is 18.0 Å². The Hall–Kier alpha value is -1.09. The molecule has 1 aromatic carbocycles. The van der Waals surface area contributed by atoms with Gasteiger partial charge in [0.15, 0.2) is 0 Å². The van der Waals surface area contributed by atoms with Gasteiger partial charge in [0.25, 0.3) is 0 Å². The smallest absolute Gasteiger partial charge is 0.127 e. The Morgan fingerprint density at radius 1 is 1.26 bits per heavy atom. The third kappa shape index (κ3) is 4.50. The predicted octanol–water partition coefficient (Wildman–Crippen LogP) is 3.67. The van der Waals surface area contributed by atoms with Gasteiger partial charge in [0.1, 0.15) is 11.6 Å². The summed E-state index contributed by atoms with van der Waals surface area (Å²) in [5, 5.41) is 0. The van der Waals surface area contributed by atoms with Crippen LogP contribution in [0, 0.1) is 11.7 Å². The molecule has 1 aliphatic rings. The van der Waals surface area contributed by atoms with Gasteiger partial charge >= 0.3 is 0 Å². The van der Waals surface area contributed by atoms with Crippen LogP contribution in [0.25, 0.3) is 0 Å². The van der Waals surface area contributed by atoms with Crippen molar-refractivity contribution in [3.8, 4) is 5.75 Å². The molecule has 0 bridgehead atoms. The van der Waals surface area contributed by atoms with Crippen LogP contribution in [0.4, 0.5) is 4.39 Å². The highest BCUT2D eigenvalue weighted by Gasteiger charge is 2.19. The zero-order chi connectivity index (χ0) is 13.8. The van der Waals surface area contributed by atoms with Crippen molar-refractivity contribution in [3.05, 3.63) is 29.6 Å². The Labute approximate surface area is 115 Å². The van der Waals surface area contributed by atoms with Crippen molar-refractivity contribution < 1.29 is 9.13 Å². The van der Waals surface area contributed by atoms with E-state index in [1.54, 1.807) is 6.07 Å². The first-order valence-electron chi connectivity index (χ1n) is 7.24. The topological polar surface area (TPSA) is 35.2 Å². The van der Waals surface area contributed by atoms with Gasteiger partial charge in [-0.25, -0.2) is 4.39 Å². The lowest BCUT2D eigenvalue weighted by molar-refractivity contribution is 0.135. The van der Waals surface area contributed by atoms with Gasteiger partial charge in [0.05, 0.1) is 6.10 Å². The summed E-state index contributed by atoms with van der Waals surface area (Å²) in [5.41, 5.74) is 6.67. The van der Waals surface area contributed by atoms with Crippen LogP contribution in [-0.4, -0.2) is 12.1 Å². The fourth-order valence-electron chi connectivity index (χ4n) is 2.72. The summed E-state index contributed by atoms with van der Waals surface area (Å²) in [6.45, 7) is 4.20. The summed E-state index contributed by atoms with van der Waals surface area (Å²) in [7, 11) is 0. The predicted molar refractivity (Wildman–Crippen MR) is 75.8 cm³/mol. The fourth-order valence-corrected chi connectivity index (χ4v) is 2.72. The van der Waals surface area contributed by atoms with E-state index in [1.807, 2.05) is 13.0 Å². The van der Waals surface area contributed by atoms with Gasteiger partial charge < -0.3 is 10.5 Å². The molecule has 2 rings (SSSR count). The highest BCUT2D eigenvalue weighted by atomic mass is 19.1. The van der Waals surface area contributed by atoms with Crippen molar-refractivity contribution in [1.82, 2.24) is 0 Å². The van der Waals surface area contributed by atoms with Crippen LogP contribution in [0.15, 0.2) is 18.2 Å². The molecule has 0 saturated heterocycles. The van der Waals surface area contributed by atoms with Gasteiger partial charge in [0.2, 0.25) is 0 Å². The van der Waals surface area contributed by atoms with E-state index in [4.69, 9.17) is 10.5 Å². The zero-order valence-electron chi connectivity index (χ0n) is 11.9. The number of halogens is 1. The number of hydrogen-bond donors (Lipinski definition) is 1. The van der Waals surface area contributed by atoms with Crippen LogP contribution >= 0.6 is 0 Å². The first-order chi connectivity index (χ1) is 9.02. The van der Waals surface area contributed by atoms with Gasteiger partial charge in [-0.2, -0.15) is 0 Å². The van der Waals surface area contributed by atoms with E-state index in [1.165, 1.54) is 18.9 Å². The molecule has 0 aromatic heterocycles. The molecule has 0 spiro atoms. The lowest BCUT2D eigenvalue weighted by atomic mass is 9.89. The van der Waals surface area contributed by atoms with E-state index in [0.717, 1.165) is 24.3 Å². The molecular weight excluding hydrogens is 241 g/mol. The van der Waals surface area contributed by atoms with E-state index in [9.17, 15) is 4.39 Å². The summed E-state index contributed by atoms with van der Waals surface area (Å²) in [6, 6.07) is 4.97. The average molecular weight is 265 g/mol. The third-order valence-corrected chi connectivity index (χ3v) is 3.75. The first kappa shape index (κ1) is 14.3. The second-order valence-corrected chi connectivity index (χ2v) is 5.98. The highest BCUT2D eigenvalue weighted by molar-refractivity contribution is 5.30. The second-order valence-electron chi connectivity index (χ2n) is 5.98. The maximum atomic E-state index is 13.6.